The fraction of sp³-hybridized carbons (Fsp3) is 0.250. The number of alkyl halides is 1. The highest BCUT2D eigenvalue weighted by molar-refractivity contribution is 9.08. The van der Waals surface area contributed by atoms with Crippen LogP contribution in [0.15, 0.2) is 12.1 Å². The number of pyridine rings is 1. The third kappa shape index (κ3) is 1.74. The molecule has 0 N–H and O–H groups in total. The van der Waals surface area contributed by atoms with Gasteiger partial charge in [-0.15, -0.1) is 0 Å². The Kier molecular flexibility index (Phi) is 3.06. The van der Waals surface area contributed by atoms with Gasteiger partial charge in [0.05, 0.1) is 12.8 Å². The molecule has 3 nitrogen and oxygen atoms in total. The molecule has 0 aliphatic carbocycles. The van der Waals surface area contributed by atoms with Gasteiger partial charge in [0.2, 0.25) is 5.88 Å². The summed E-state index contributed by atoms with van der Waals surface area (Å²) < 4.78 is 4.92. The summed E-state index contributed by atoms with van der Waals surface area (Å²) in [6.07, 6.45) is 0. The summed E-state index contributed by atoms with van der Waals surface area (Å²) in [5.74, 6) is 0.384. The van der Waals surface area contributed by atoms with Crippen molar-refractivity contribution in [3.63, 3.8) is 0 Å². The molecule has 0 saturated carbocycles. The van der Waals surface area contributed by atoms with Crippen molar-refractivity contribution in [1.82, 2.24) is 4.98 Å². The molecule has 0 fully saturated rings. The Hall–Kier alpha value is -1.08. The second-order valence-electron chi connectivity index (χ2n) is 2.10. The van der Waals surface area contributed by atoms with Gasteiger partial charge in [-0.2, -0.15) is 5.26 Å². The molecule has 1 heterocycles. The molecular formula is C8H7BrN2O. The SMILES string of the molecule is COc1nc(CBr)ccc1C#N. The van der Waals surface area contributed by atoms with Gasteiger partial charge in [-0.3, -0.25) is 0 Å². The first kappa shape index (κ1) is 9.01. The van der Waals surface area contributed by atoms with Gasteiger partial charge in [-0.25, -0.2) is 4.98 Å². The summed E-state index contributed by atoms with van der Waals surface area (Å²) in [5.41, 5.74) is 1.31. The minimum atomic E-state index is 0.384. The molecule has 0 bridgehead atoms. The molecule has 0 atom stereocenters. The van der Waals surface area contributed by atoms with Crippen molar-refractivity contribution >= 4 is 15.9 Å². The van der Waals surface area contributed by atoms with Crippen LogP contribution >= 0.6 is 15.9 Å². The quantitative estimate of drug-likeness (QED) is 0.724. The van der Waals surface area contributed by atoms with Crippen molar-refractivity contribution in [3.05, 3.63) is 23.4 Å². The van der Waals surface area contributed by atoms with Crippen LogP contribution in [-0.2, 0) is 5.33 Å². The van der Waals surface area contributed by atoms with E-state index >= 15 is 0 Å². The zero-order chi connectivity index (χ0) is 8.97. The van der Waals surface area contributed by atoms with Gasteiger partial charge in [-0.05, 0) is 12.1 Å². The molecule has 1 aromatic rings. The van der Waals surface area contributed by atoms with Crippen LogP contribution in [0.25, 0.3) is 0 Å². The summed E-state index contributed by atoms with van der Waals surface area (Å²) in [4.78, 5) is 4.09. The minimum absolute atomic E-state index is 0.384. The highest BCUT2D eigenvalue weighted by Gasteiger charge is 2.03. The minimum Gasteiger partial charge on any atom is -0.480 e. The Balaban J connectivity index is 3.13. The zero-order valence-corrected chi connectivity index (χ0v) is 8.13. The van der Waals surface area contributed by atoms with Crippen LogP contribution in [0.2, 0.25) is 0 Å². The summed E-state index contributed by atoms with van der Waals surface area (Å²) in [6.45, 7) is 0. The first-order chi connectivity index (χ1) is 5.81. The molecule has 1 aromatic heterocycles. The number of methoxy groups -OCH3 is 1. The van der Waals surface area contributed by atoms with Crippen molar-refractivity contribution in [3.8, 4) is 11.9 Å². The first-order valence-electron chi connectivity index (χ1n) is 3.31. The van der Waals surface area contributed by atoms with Gasteiger partial charge in [0.25, 0.3) is 0 Å². The number of nitrogens with zero attached hydrogens (tertiary/aromatic N) is 2. The third-order valence-corrected chi connectivity index (χ3v) is 1.94. The van der Waals surface area contributed by atoms with E-state index in [1.807, 2.05) is 6.07 Å². The highest BCUT2D eigenvalue weighted by atomic mass is 79.9. The Bertz CT molecular complexity index is 319. The van der Waals surface area contributed by atoms with Crippen molar-refractivity contribution in [1.29, 1.82) is 5.26 Å². The molecular weight excluding hydrogens is 220 g/mol. The number of rotatable bonds is 2. The van der Waals surface area contributed by atoms with Crippen LogP contribution in [0.5, 0.6) is 5.88 Å². The number of nitriles is 1. The molecule has 0 amide bonds. The number of hydrogen-bond donors (Lipinski definition) is 0. The van der Waals surface area contributed by atoms with Crippen molar-refractivity contribution in [2.24, 2.45) is 0 Å². The lowest BCUT2D eigenvalue weighted by molar-refractivity contribution is 0.395. The van der Waals surface area contributed by atoms with E-state index < -0.39 is 0 Å². The van der Waals surface area contributed by atoms with Crippen LogP contribution in [0, 0.1) is 11.3 Å². The van der Waals surface area contributed by atoms with Crippen LogP contribution in [-0.4, -0.2) is 12.1 Å². The van der Waals surface area contributed by atoms with E-state index in [1.165, 1.54) is 7.11 Å². The van der Waals surface area contributed by atoms with E-state index in [1.54, 1.807) is 12.1 Å². The number of aromatic nitrogens is 1. The van der Waals surface area contributed by atoms with Crippen molar-refractivity contribution < 1.29 is 4.74 Å². The molecule has 1 rings (SSSR count). The predicted octanol–water partition coefficient (Wildman–Crippen LogP) is 1.86. The van der Waals surface area contributed by atoms with E-state index in [0.29, 0.717) is 16.8 Å². The maximum absolute atomic E-state index is 8.63. The first-order valence-corrected chi connectivity index (χ1v) is 4.44. The number of hydrogen-bond acceptors (Lipinski definition) is 3. The van der Waals surface area contributed by atoms with Crippen LogP contribution in [0.4, 0.5) is 0 Å². The molecule has 0 aliphatic heterocycles. The molecule has 0 radical (unpaired) electrons. The Morgan fingerprint density at radius 3 is 2.92 bits per heavy atom. The monoisotopic (exact) mass is 226 g/mol. The maximum atomic E-state index is 8.63. The van der Waals surface area contributed by atoms with Gasteiger partial charge in [0, 0.05) is 5.33 Å². The summed E-state index contributed by atoms with van der Waals surface area (Å²) in [6, 6.07) is 5.48. The normalized spacial score (nSPS) is 9.08. The molecule has 12 heavy (non-hydrogen) atoms. The van der Waals surface area contributed by atoms with Gasteiger partial charge >= 0.3 is 0 Å². The molecule has 0 aromatic carbocycles. The molecule has 0 spiro atoms. The topological polar surface area (TPSA) is 45.9 Å². The maximum Gasteiger partial charge on any atom is 0.231 e. The summed E-state index contributed by atoms with van der Waals surface area (Å²) in [7, 11) is 1.50. The predicted molar refractivity (Wildman–Crippen MR) is 48.1 cm³/mol. The Morgan fingerprint density at radius 2 is 2.42 bits per heavy atom. The third-order valence-electron chi connectivity index (χ3n) is 1.37. The molecule has 4 heteroatoms. The van der Waals surface area contributed by atoms with Crippen molar-refractivity contribution in [2.75, 3.05) is 7.11 Å². The Morgan fingerprint density at radius 1 is 1.67 bits per heavy atom. The summed E-state index contributed by atoms with van der Waals surface area (Å²) in [5, 5.41) is 9.29. The van der Waals surface area contributed by atoms with Crippen LogP contribution < -0.4 is 4.74 Å². The van der Waals surface area contributed by atoms with E-state index in [0.717, 1.165) is 5.69 Å². The number of ether oxygens (including phenoxy) is 1. The second-order valence-corrected chi connectivity index (χ2v) is 2.67. The lowest BCUT2D eigenvalue weighted by Gasteiger charge is -2.01. The lowest BCUT2D eigenvalue weighted by atomic mass is 10.2. The van der Waals surface area contributed by atoms with Crippen molar-refractivity contribution in [2.45, 2.75) is 5.33 Å². The lowest BCUT2D eigenvalue weighted by Crippen LogP contribution is -1.94. The molecule has 62 valence electrons. The second kappa shape index (κ2) is 4.07. The average molecular weight is 227 g/mol. The van der Waals surface area contributed by atoms with Gasteiger partial charge in [0.1, 0.15) is 11.6 Å². The van der Waals surface area contributed by atoms with Gasteiger partial charge in [-0.1, -0.05) is 15.9 Å². The summed E-state index contributed by atoms with van der Waals surface area (Å²) >= 11 is 3.27. The van der Waals surface area contributed by atoms with E-state index in [9.17, 15) is 0 Å². The average Bonchev–Trinajstić information content (AvgIpc) is 2.16. The fourth-order valence-electron chi connectivity index (χ4n) is 0.794. The molecule has 0 aliphatic rings. The van der Waals surface area contributed by atoms with Crippen LogP contribution in [0.1, 0.15) is 11.3 Å². The van der Waals surface area contributed by atoms with E-state index in [2.05, 4.69) is 20.9 Å². The van der Waals surface area contributed by atoms with E-state index in [4.69, 9.17) is 10.00 Å². The van der Waals surface area contributed by atoms with Gasteiger partial charge in [0.15, 0.2) is 0 Å². The molecule has 0 saturated heterocycles. The smallest absolute Gasteiger partial charge is 0.231 e. The number of halogens is 1. The largest absolute Gasteiger partial charge is 0.480 e. The van der Waals surface area contributed by atoms with Crippen LogP contribution in [0.3, 0.4) is 0 Å². The standard InChI is InChI=1S/C8H7BrN2O/c1-12-8-6(5-10)2-3-7(4-9)11-8/h2-3H,4H2,1H3. The highest BCUT2D eigenvalue weighted by Crippen LogP contribution is 2.15. The van der Waals surface area contributed by atoms with Gasteiger partial charge < -0.3 is 4.74 Å². The van der Waals surface area contributed by atoms with E-state index in [-0.39, 0.29) is 0 Å². The Labute approximate surface area is 79.1 Å². The zero-order valence-electron chi connectivity index (χ0n) is 6.54. The fourth-order valence-corrected chi connectivity index (χ4v) is 1.11. The molecule has 0 unspecified atom stereocenters.